The van der Waals surface area contributed by atoms with E-state index in [1.165, 1.54) is 0 Å². The van der Waals surface area contributed by atoms with Crippen LogP contribution in [0.4, 0.5) is 5.69 Å². The Balaban J connectivity index is 2.43. The van der Waals surface area contributed by atoms with Crippen molar-refractivity contribution in [2.24, 2.45) is 5.73 Å². The predicted molar refractivity (Wildman–Crippen MR) is 69.8 cm³/mol. The Morgan fingerprint density at radius 3 is 2.94 bits per heavy atom. The van der Waals surface area contributed by atoms with Crippen molar-refractivity contribution in [3.05, 3.63) is 24.3 Å². The van der Waals surface area contributed by atoms with Crippen LogP contribution in [0.15, 0.2) is 29.2 Å². The van der Waals surface area contributed by atoms with Crippen LogP contribution in [0.5, 0.6) is 0 Å². The van der Waals surface area contributed by atoms with Gasteiger partial charge in [-0.15, -0.1) is 11.8 Å². The number of hydrogen-bond donors (Lipinski definition) is 2. The quantitative estimate of drug-likeness (QED) is 0.591. The SMILES string of the molecule is CSc1cccc(NC(=O)CCCCN)c1. The lowest BCUT2D eigenvalue weighted by Crippen LogP contribution is -2.11. The highest BCUT2D eigenvalue weighted by atomic mass is 32.2. The van der Waals surface area contributed by atoms with Gasteiger partial charge in [0.25, 0.3) is 0 Å². The summed E-state index contributed by atoms with van der Waals surface area (Å²) >= 11 is 1.66. The Morgan fingerprint density at radius 1 is 1.44 bits per heavy atom. The third kappa shape index (κ3) is 4.68. The van der Waals surface area contributed by atoms with E-state index in [0.29, 0.717) is 13.0 Å². The lowest BCUT2D eigenvalue weighted by molar-refractivity contribution is -0.116. The summed E-state index contributed by atoms with van der Waals surface area (Å²) in [5.41, 5.74) is 6.24. The fourth-order valence-corrected chi connectivity index (χ4v) is 1.81. The molecule has 4 heteroatoms. The van der Waals surface area contributed by atoms with Crippen LogP contribution in [-0.2, 0) is 4.79 Å². The summed E-state index contributed by atoms with van der Waals surface area (Å²) in [7, 11) is 0. The molecule has 0 bridgehead atoms. The van der Waals surface area contributed by atoms with Crippen LogP contribution >= 0.6 is 11.8 Å². The third-order valence-electron chi connectivity index (χ3n) is 2.21. The van der Waals surface area contributed by atoms with E-state index in [4.69, 9.17) is 5.73 Å². The van der Waals surface area contributed by atoms with Gasteiger partial charge in [0.05, 0.1) is 0 Å². The largest absolute Gasteiger partial charge is 0.330 e. The molecule has 0 heterocycles. The number of benzene rings is 1. The molecule has 0 aliphatic heterocycles. The molecule has 1 aromatic rings. The molecule has 0 spiro atoms. The highest BCUT2D eigenvalue weighted by molar-refractivity contribution is 7.98. The van der Waals surface area contributed by atoms with Crippen molar-refractivity contribution in [3.8, 4) is 0 Å². The Labute approximate surface area is 101 Å². The number of anilines is 1. The van der Waals surface area contributed by atoms with Crippen molar-refractivity contribution in [2.75, 3.05) is 18.1 Å². The highest BCUT2D eigenvalue weighted by Crippen LogP contribution is 2.19. The lowest BCUT2D eigenvalue weighted by atomic mass is 10.2. The smallest absolute Gasteiger partial charge is 0.224 e. The van der Waals surface area contributed by atoms with Crippen molar-refractivity contribution < 1.29 is 4.79 Å². The molecule has 88 valence electrons. The summed E-state index contributed by atoms with van der Waals surface area (Å²) < 4.78 is 0. The first-order valence-corrected chi connectivity index (χ1v) is 6.62. The second-order valence-corrected chi connectivity index (χ2v) is 4.41. The molecule has 0 aliphatic rings. The minimum Gasteiger partial charge on any atom is -0.330 e. The van der Waals surface area contributed by atoms with Gasteiger partial charge < -0.3 is 11.1 Å². The van der Waals surface area contributed by atoms with Crippen LogP contribution in [0.25, 0.3) is 0 Å². The van der Waals surface area contributed by atoms with Gasteiger partial charge in [-0.05, 0) is 43.8 Å². The molecule has 0 saturated carbocycles. The molecule has 1 rings (SSSR count). The minimum atomic E-state index is 0.0618. The fraction of sp³-hybridized carbons (Fsp3) is 0.417. The van der Waals surface area contributed by atoms with Crippen LogP contribution in [0, 0.1) is 0 Å². The molecule has 0 radical (unpaired) electrons. The Kier molecular flexibility index (Phi) is 5.96. The maximum Gasteiger partial charge on any atom is 0.224 e. The fourth-order valence-electron chi connectivity index (χ4n) is 1.35. The number of rotatable bonds is 6. The van der Waals surface area contributed by atoms with E-state index in [1.54, 1.807) is 11.8 Å². The molecule has 0 atom stereocenters. The molecule has 3 nitrogen and oxygen atoms in total. The number of carbonyl (C=O) groups is 1. The molecular weight excluding hydrogens is 220 g/mol. The molecule has 0 fully saturated rings. The summed E-state index contributed by atoms with van der Waals surface area (Å²) in [6, 6.07) is 7.85. The molecule has 0 aromatic heterocycles. The number of nitrogens with two attached hydrogens (primary N) is 1. The van der Waals surface area contributed by atoms with Gasteiger partial charge >= 0.3 is 0 Å². The summed E-state index contributed by atoms with van der Waals surface area (Å²) in [6.07, 6.45) is 4.31. The Bertz CT molecular complexity index is 342. The van der Waals surface area contributed by atoms with E-state index >= 15 is 0 Å². The van der Waals surface area contributed by atoms with Gasteiger partial charge in [-0.2, -0.15) is 0 Å². The van der Waals surface area contributed by atoms with E-state index in [0.717, 1.165) is 23.4 Å². The van der Waals surface area contributed by atoms with Gasteiger partial charge in [-0.1, -0.05) is 6.07 Å². The van der Waals surface area contributed by atoms with Crippen molar-refractivity contribution in [3.63, 3.8) is 0 Å². The number of hydrogen-bond acceptors (Lipinski definition) is 3. The zero-order chi connectivity index (χ0) is 11.8. The van der Waals surface area contributed by atoms with E-state index < -0.39 is 0 Å². The van der Waals surface area contributed by atoms with Gasteiger partial charge in [0, 0.05) is 17.0 Å². The van der Waals surface area contributed by atoms with Crippen LogP contribution < -0.4 is 11.1 Å². The first kappa shape index (κ1) is 13.1. The predicted octanol–water partition coefficient (Wildman–Crippen LogP) is 2.48. The van der Waals surface area contributed by atoms with E-state index in [-0.39, 0.29) is 5.91 Å². The monoisotopic (exact) mass is 238 g/mol. The van der Waals surface area contributed by atoms with Gasteiger partial charge in [0.1, 0.15) is 0 Å². The topological polar surface area (TPSA) is 55.1 Å². The maximum absolute atomic E-state index is 11.5. The van der Waals surface area contributed by atoms with E-state index in [9.17, 15) is 4.79 Å². The average molecular weight is 238 g/mol. The number of nitrogens with one attached hydrogen (secondary N) is 1. The second-order valence-electron chi connectivity index (χ2n) is 3.53. The van der Waals surface area contributed by atoms with Crippen molar-refractivity contribution in [2.45, 2.75) is 24.2 Å². The molecule has 3 N–H and O–H groups in total. The maximum atomic E-state index is 11.5. The number of carbonyl (C=O) groups excluding carboxylic acids is 1. The van der Waals surface area contributed by atoms with Crippen LogP contribution in [-0.4, -0.2) is 18.7 Å². The van der Waals surface area contributed by atoms with Gasteiger partial charge in [0.15, 0.2) is 0 Å². The average Bonchev–Trinajstić information content (AvgIpc) is 2.29. The van der Waals surface area contributed by atoms with Gasteiger partial charge in [-0.25, -0.2) is 0 Å². The molecular formula is C12H18N2OS. The first-order valence-electron chi connectivity index (χ1n) is 5.40. The van der Waals surface area contributed by atoms with Crippen molar-refractivity contribution in [1.29, 1.82) is 0 Å². The Hall–Kier alpha value is -1.00. The first-order chi connectivity index (χ1) is 7.76. The molecule has 16 heavy (non-hydrogen) atoms. The standard InChI is InChI=1S/C12H18N2OS/c1-16-11-6-4-5-10(9-11)14-12(15)7-2-3-8-13/h4-6,9H,2-3,7-8,13H2,1H3,(H,14,15). The van der Waals surface area contributed by atoms with Crippen molar-refractivity contribution in [1.82, 2.24) is 0 Å². The summed E-state index contributed by atoms with van der Waals surface area (Å²) in [6.45, 7) is 0.648. The van der Waals surface area contributed by atoms with Crippen LogP contribution in [0.1, 0.15) is 19.3 Å². The van der Waals surface area contributed by atoms with E-state index in [2.05, 4.69) is 5.32 Å². The molecule has 1 amide bonds. The molecule has 1 aromatic carbocycles. The van der Waals surface area contributed by atoms with Gasteiger partial charge in [0.2, 0.25) is 5.91 Å². The van der Waals surface area contributed by atoms with E-state index in [1.807, 2.05) is 30.5 Å². The normalized spacial score (nSPS) is 10.1. The minimum absolute atomic E-state index is 0.0618. The zero-order valence-electron chi connectivity index (χ0n) is 9.53. The highest BCUT2D eigenvalue weighted by Gasteiger charge is 2.02. The number of unbranched alkanes of at least 4 members (excludes halogenated alkanes) is 1. The summed E-state index contributed by atoms with van der Waals surface area (Å²) in [4.78, 5) is 12.7. The molecule has 0 saturated heterocycles. The van der Waals surface area contributed by atoms with Crippen LogP contribution in [0.3, 0.4) is 0 Å². The summed E-state index contributed by atoms with van der Waals surface area (Å²) in [5.74, 6) is 0.0618. The van der Waals surface area contributed by atoms with Gasteiger partial charge in [-0.3, -0.25) is 4.79 Å². The van der Waals surface area contributed by atoms with Crippen LogP contribution in [0.2, 0.25) is 0 Å². The third-order valence-corrected chi connectivity index (χ3v) is 2.94. The van der Waals surface area contributed by atoms with Crippen molar-refractivity contribution >= 4 is 23.4 Å². The Morgan fingerprint density at radius 2 is 2.25 bits per heavy atom. The lowest BCUT2D eigenvalue weighted by Gasteiger charge is -2.06. The molecule has 0 aliphatic carbocycles. The number of amides is 1. The molecule has 0 unspecified atom stereocenters. The zero-order valence-corrected chi connectivity index (χ0v) is 10.3. The number of thioether (sulfide) groups is 1. The second kappa shape index (κ2) is 7.30. The summed E-state index contributed by atoms with van der Waals surface area (Å²) in [5, 5.41) is 2.88.